The summed E-state index contributed by atoms with van der Waals surface area (Å²) in [6, 6.07) is 26.9. The van der Waals surface area contributed by atoms with Crippen LogP contribution in [0.25, 0.3) is 12.2 Å². The first-order valence-corrected chi connectivity index (χ1v) is 10.7. The van der Waals surface area contributed by atoms with Gasteiger partial charge in [0.15, 0.2) is 5.78 Å². The van der Waals surface area contributed by atoms with Crippen LogP contribution < -0.4 is 0 Å². The molecule has 4 rings (SSSR count). The highest BCUT2D eigenvalue weighted by molar-refractivity contribution is 6.30. The number of halogens is 2. The van der Waals surface area contributed by atoms with E-state index in [0.717, 1.165) is 16.7 Å². The molecule has 0 saturated heterocycles. The zero-order chi connectivity index (χ0) is 21.8. The Kier molecular flexibility index (Phi) is 6.09. The molecule has 31 heavy (non-hydrogen) atoms. The summed E-state index contributed by atoms with van der Waals surface area (Å²) in [6.45, 7) is 0. The second-order valence-corrected chi connectivity index (χ2v) is 8.56. The zero-order valence-corrected chi connectivity index (χ0v) is 18.2. The molecule has 3 aromatic rings. The molecule has 1 fully saturated rings. The predicted octanol–water partition coefficient (Wildman–Crippen LogP) is 7.28. The van der Waals surface area contributed by atoms with E-state index in [1.807, 2.05) is 66.7 Å². The number of nitrogens with zero attached hydrogens (tertiary/aromatic N) is 1. The number of benzene rings is 3. The Balaban J connectivity index is 1.83. The molecule has 3 aromatic carbocycles. The third-order valence-corrected chi connectivity index (χ3v) is 6.03. The largest absolute Gasteiger partial charge is 0.289 e. The molecule has 1 aliphatic rings. The van der Waals surface area contributed by atoms with E-state index in [2.05, 4.69) is 6.07 Å². The highest BCUT2D eigenvalue weighted by Crippen LogP contribution is 2.43. The van der Waals surface area contributed by atoms with Crippen LogP contribution in [0.15, 0.2) is 90.0 Å². The van der Waals surface area contributed by atoms with Crippen LogP contribution in [0.3, 0.4) is 0 Å². The summed E-state index contributed by atoms with van der Waals surface area (Å²) in [5.41, 5.74) is 3.07. The molecule has 0 amide bonds. The molecule has 0 aliphatic heterocycles. The minimum Gasteiger partial charge on any atom is -0.289 e. The number of hydrogen-bond acceptors (Lipinski definition) is 2. The van der Waals surface area contributed by atoms with Crippen molar-refractivity contribution >= 4 is 41.1 Å². The molecule has 0 bridgehead atoms. The molecular weight excluding hydrogens is 425 g/mol. The number of rotatable bonds is 3. The SMILES string of the molecule is N#CC1(c2ccccc2)CC(=Cc2ccc(Cl)cc2)C(=O)C(=Cc2ccc(Cl)cc2)C1. The topological polar surface area (TPSA) is 40.9 Å². The highest BCUT2D eigenvalue weighted by atomic mass is 35.5. The third kappa shape index (κ3) is 4.64. The van der Waals surface area contributed by atoms with Gasteiger partial charge in [0.2, 0.25) is 0 Å². The van der Waals surface area contributed by atoms with Crippen LogP contribution in [0.1, 0.15) is 29.5 Å². The number of hydrogen-bond donors (Lipinski definition) is 0. The van der Waals surface area contributed by atoms with E-state index < -0.39 is 5.41 Å². The molecule has 4 heteroatoms. The summed E-state index contributed by atoms with van der Waals surface area (Å²) in [5.74, 6) is -0.0355. The first-order chi connectivity index (χ1) is 15.0. The number of carbonyl (C=O) groups is 1. The van der Waals surface area contributed by atoms with E-state index in [9.17, 15) is 10.1 Å². The molecule has 0 heterocycles. The van der Waals surface area contributed by atoms with Crippen LogP contribution in [0, 0.1) is 11.3 Å². The third-order valence-electron chi connectivity index (χ3n) is 5.53. The number of nitriles is 1. The quantitative estimate of drug-likeness (QED) is 0.398. The van der Waals surface area contributed by atoms with Crippen LogP contribution in [0.5, 0.6) is 0 Å². The van der Waals surface area contributed by atoms with Gasteiger partial charge in [-0.1, -0.05) is 77.8 Å². The van der Waals surface area contributed by atoms with Gasteiger partial charge in [-0.3, -0.25) is 4.79 Å². The van der Waals surface area contributed by atoms with Crippen molar-refractivity contribution in [2.45, 2.75) is 18.3 Å². The van der Waals surface area contributed by atoms with E-state index in [1.54, 1.807) is 24.3 Å². The van der Waals surface area contributed by atoms with Gasteiger partial charge >= 0.3 is 0 Å². The van der Waals surface area contributed by atoms with E-state index >= 15 is 0 Å². The Morgan fingerprint density at radius 3 is 1.61 bits per heavy atom. The van der Waals surface area contributed by atoms with Gasteiger partial charge in [-0.15, -0.1) is 0 Å². The standard InChI is InChI=1S/C27H19Cl2NO/c28-24-10-6-19(7-11-24)14-21-16-27(18-30,23-4-2-1-3-5-23)17-22(26(21)31)15-20-8-12-25(29)13-9-20/h1-15H,16-17H2. The van der Waals surface area contributed by atoms with E-state index in [-0.39, 0.29) is 5.78 Å². The Hall–Kier alpha value is -3.12. The first-order valence-electron chi connectivity index (χ1n) is 9.93. The van der Waals surface area contributed by atoms with Crippen molar-refractivity contribution in [3.05, 3.63) is 117 Å². The first kappa shape index (κ1) is 21.1. The smallest absolute Gasteiger partial charge is 0.185 e. The number of Topliss-reactive ketones (excluding diaryl/α,β-unsaturated/α-hetero) is 1. The van der Waals surface area contributed by atoms with Crippen molar-refractivity contribution in [3.63, 3.8) is 0 Å². The fourth-order valence-corrected chi connectivity index (χ4v) is 4.19. The molecular formula is C27H19Cl2NO. The van der Waals surface area contributed by atoms with Crippen molar-refractivity contribution in [1.82, 2.24) is 0 Å². The molecule has 0 spiro atoms. The summed E-state index contributed by atoms with van der Waals surface area (Å²) >= 11 is 12.0. The second-order valence-electron chi connectivity index (χ2n) is 7.68. The van der Waals surface area contributed by atoms with Crippen molar-refractivity contribution in [2.75, 3.05) is 0 Å². The van der Waals surface area contributed by atoms with Crippen LogP contribution >= 0.6 is 23.2 Å². The van der Waals surface area contributed by atoms with Gasteiger partial charge in [0, 0.05) is 21.2 Å². The number of ketones is 1. The Labute approximate surface area is 192 Å². The molecule has 2 nitrogen and oxygen atoms in total. The van der Waals surface area contributed by atoms with Gasteiger partial charge in [0.1, 0.15) is 0 Å². The van der Waals surface area contributed by atoms with Crippen LogP contribution in [0.4, 0.5) is 0 Å². The molecule has 0 radical (unpaired) electrons. The van der Waals surface area contributed by atoms with Crippen LogP contribution in [-0.2, 0) is 10.2 Å². The van der Waals surface area contributed by atoms with Gasteiger partial charge in [0.05, 0.1) is 11.5 Å². The summed E-state index contributed by atoms with van der Waals surface area (Å²) in [5, 5.41) is 11.5. The lowest BCUT2D eigenvalue weighted by Gasteiger charge is -2.33. The average Bonchev–Trinajstić information content (AvgIpc) is 2.80. The number of carbonyl (C=O) groups excluding carboxylic acids is 1. The molecule has 0 atom stereocenters. The fraction of sp³-hybridized carbons (Fsp3) is 0.111. The molecule has 0 aromatic heterocycles. The second kappa shape index (κ2) is 8.94. The van der Waals surface area contributed by atoms with Crippen LogP contribution in [-0.4, -0.2) is 5.78 Å². The van der Waals surface area contributed by atoms with Gasteiger partial charge in [-0.2, -0.15) is 5.26 Å². The normalized spacial score (nSPS) is 21.3. The minimum absolute atomic E-state index is 0.0355. The number of allylic oxidation sites excluding steroid dienone is 2. The molecule has 1 saturated carbocycles. The lowest BCUT2D eigenvalue weighted by atomic mass is 9.66. The summed E-state index contributed by atoms with van der Waals surface area (Å²) in [6.07, 6.45) is 4.44. The Morgan fingerprint density at radius 1 is 0.742 bits per heavy atom. The minimum atomic E-state index is -0.814. The van der Waals surface area contributed by atoms with Crippen molar-refractivity contribution < 1.29 is 4.79 Å². The summed E-state index contributed by atoms with van der Waals surface area (Å²) in [7, 11) is 0. The van der Waals surface area contributed by atoms with E-state index in [0.29, 0.717) is 34.0 Å². The fourth-order valence-electron chi connectivity index (χ4n) is 3.94. The molecule has 1 aliphatic carbocycles. The van der Waals surface area contributed by atoms with Crippen molar-refractivity contribution in [1.29, 1.82) is 5.26 Å². The van der Waals surface area contributed by atoms with Gasteiger partial charge in [0.25, 0.3) is 0 Å². The lowest BCUT2D eigenvalue weighted by Crippen LogP contribution is -2.33. The predicted molar refractivity (Wildman–Crippen MR) is 127 cm³/mol. The summed E-state index contributed by atoms with van der Waals surface area (Å²) in [4.78, 5) is 13.4. The zero-order valence-electron chi connectivity index (χ0n) is 16.7. The maximum atomic E-state index is 13.4. The average molecular weight is 444 g/mol. The Bertz CT molecular complexity index is 1130. The van der Waals surface area contributed by atoms with Gasteiger partial charge in [-0.05, 0) is 65.9 Å². The van der Waals surface area contributed by atoms with Gasteiger partial charge < -0.3 is 0 Å². The van der Waals surface area contributed by atoms with E-state index in [4.69, 9.17) is 23.2 Å². The molecule has 152 valence electrons. The van der Waals surface area contributed by atoms with Crippen molar-refractivity contribution in [3.8, 4) is 6.07 Å². The highest BCUT2D eigenvalue weighted by Gasteiger charge is 2.41. The Morgan fingerprint density at radius 2 is 1.19 bits per heavy atom. The molecule has 0 N–H and O–H groups in total. The maximum absolute atomic E-state index is 13.4. The maximum Gasteiger partial charge on any atom is 0.185 e. The van der Waals surface area contributed by atoms with Gasteiger partial charge in [-0.25, -0.2) is 0 Å². The summed E-state index contributed by atoms with van der Waals surface area (Å²) < 4.78 is 0. The lowest BCUT2D eigenvalue weighted by molar-refractivity contribution is -0.113. The monoisotopic (exact) mass is 443 g/mol. The van der Waals surface area contributed by atoms with E-state index in [1.165, 1.54) is 0 Å². The van der Waals surface area contributed by atoms with Crippen molar-refractivity contribution in [2.24, 2.45) is 0 Å². The van der Waals surface area contributed by atoms with Crippen LogP contribution in [0.2, 0.25) is 10.0 Å². The molecule has 0 unspecified atom stereocenters.